The lowest BCUT2D eigenvalue weighted by atomic mass is 10.2. The van der Waals surface area contributed by atoms with Crippen LogP contribution in [0.3, 0.4) is 0 Å². The van der Waals surface area contributed by atoms with Crippen LogP contribution in [0.25, 0.3) is 0 Å². The Bertz CT molecular complexity index is 466. The zero-order valence-corrected chi connectivity index (χ0v) is 12.1. The highest BCUT2D eigenvalue weighted by Gasteiger charge is 2.12. The Labute approximate surface area is 119 Å². The largest absolute Gasteiger partial charge is 0.356 e. The summed E-state index contributed by atoms with van der Waals surface area (Å²) in [7, 11) is 0. The number of nitrogen functional groups attached to an aromatic ring is 1. The molecule has 7 nitrogen and oxygen atoms in total. The van der Waals surface area contributed by atoms with Crippen LogP contribution in [-0.2, 0) is 4.79 Å². The lowest BCUT2D eigenvalue weighted by molar-refractivity contribution is -0.120. The van der Waals surface area contributed by atoms with Crippen LogP contribution in [0.5, 0.6) is 0 Å². The molecule has 1 aromatic heterocycles. The minimum Gasteiger partial charge on any atom is -0.356 e. The second kappa shape index (κ2) is 7.70. The van der Waals surface area contributed by atoms with Crippen molar-refractivity contribution in [2.75, 3.05) is 18.5 Å². The lowest BCUT2D eigenvalue weighted by Gasteiger charge is -2.09. The van der Waals surface area contributed by atoms with Crippen molar-refractivity contribution in [1.82, 2.24) is 15.6 Å². The van der Waals surface area contributed by atoms with Crippen LogP contribution < -0.4 is 21.9 Å². The van der Waals surface area contributed by atoms with Crippen LogP contribution in [0, 0.1) is 0 Å². The third kappa shape index (κ3) is 4.84. The molecule has 19 heavy (non-hydrogen) atoms. The third-order valence-electron chi connectivity index (χ3n) is 2.25. The molecule has 0 radical (unpaired) electrons. The maximum atomic E-state index is 11.9. The number of anilines is 1. The number of hydrogen-bond donors (Lipinski definition) is 4. The van der Waals surface area contributed by atoms with Gasteiger partial charge in [0.1, 0.15) is 0 Å². The van der Waals surface area contributed by atoms with E-state index in [1.165, 1.54) is 6.20 Å². The molecule has 8 heteroatoms. The van der Waals surface area contributed by atoms with Gasteiger partial charge in [0.25, 0.3) is 5.91 Å². The summed E-state index contributed by atoms with van der Waals surface area (Å²) in [6.07, 6.45) is 1.76. The van der Waals surface area contributed by atoms with E-state index in [2.05, 4.69) is 37.0 Å². The molecule has 0 bridgehead atoms. The van der Waals surface area contributed by atoms with E-state index in [1.807, 2.05) is 6.92 Å². The van der Waals surface area contributed by atoms with Gasteiger partial charge in [0, 0.05) is 30.2 Å². The highest BCUT2D eigenvalue weighted by atomic mass is 79.9. The first-order chi connectivity index (χ1) is 9.08. The molecular weight excluding hydrogens is 314 g/mol. The Morgan fingerprint density at radius 3 is 2.79 bits per heavy atom. The molecule has 1 rings (SSSR count). The van der Waals surface area contributed by atoms with Crippen LogP contribution in [0.4, 0.5) is 5.82 Å². The second-order valence-corrected chi connectivity index (χ2v) is 4.57. The summed E-state index contributed by atoms with van der Waals surface area (Å²) in [6.45, 7) is 2.66. The topological polar surface area (TPSA) is 109 Å². The fraction of sp³-hybridized carbons (Fsp3) is 0.364. The molecule has 5 N–H and O–H groups in total. The molecular formula is C11H16BrN5O2. The summed E-state index contributed by atoms with van der Waals surface area (Å²) in [6, 6.07) is 1.60. The minimum absolute atomic E-state index is 0.104. The first-order valence-corrected chi connectivity index (χ1v) is 6.54. The predicted octanol–water partition coefficient (Wildman–Crippen LogP) is 0.386. The number of rotatable bonds is 6. The van der Waals surface area contributed by atoms with E-state index in [0.29, 0.717) is 16.6 Å². The number of pyridine rings is 1. The standard InChI is InChI=1S/C11H16BrN5O2/c1-2-14-9(18)3-4-15-11(19)8-5-7(12)6-16-10(8)17-13/h5-6H,2-4,13H2,1H3,(H,14,18)(H,15,19)(H,16,17). The van der Waals surface area contributed by atoms with E-state index < -0.39 is 0 Å². The van der Waals surface area contributed by atoms with Gasteiger partial charge in [-0.3, -0.25) is 9.59 Å². The van der Waals surface area contributed by atoms with Crippen molar-refractivity contribution in [3.05, 3.63) is 22.3 Å². The van der Waals surface area contributed by atoms with Crippen molar-refractivity contribution < 1.29 is 9.59 Å². The molecule has 1 aromatic rings. The molecule has 2 amide bonds. The highest BCUT2D eigenvalue weighted by molar-refractivity contribution is 9.10. The molecule has 0 saturated heterocycles. The first-order valence-electron chi connectivity index (χ1n) is 5.75. The number of nitrogens with zero attached hydrogens (tertiary/aromatic N) is 1. The number of halogens is 1. The van der Waals surface area contributed by atoms with Gasteiger partial charge in [-0.05, 0) is 28.9 Å². The zero-order valence-electron chi connectivity index (χ0n) is 10.5. The van der Waals surface area contributed by atoms with Gasteiger partial charge in [0.05, 0.1) is 5.56 Å². The van der Waals surface area contributed by atoms with Gasteiger partial charge in [-0.2, -0.15) is 0 Å². The van der Waals surface area contributed by atoms with Crippen molar-refractivity contribution in [1.29, 1.82) is 0 Å². The van der Waals surface area contributed by atoms with E-state index in [9.17, 15) is 9.59 Å². The molecule has 0 saturated carbocycles. The maximum absolute atomic E-state index is 11.9. The average molecular weight is 330 g/mol. The normalized spacial score (nSPS) is 9.84. The van der Waals surface area contributed by atoms with E-state index in [4.69, 9.17) is 5.84 Å². The summed E-state index contributed by atoms with van der Waals surface area (Å²) in [5.41, 5.74) is 2.66. The number of hydrazine groups is 1. The Kier molecular flexibility index (Phi) is 6.23. The van der Waals surface area contributed by atoms with Crippen LogP contribution in [0.2, 0.25) is 0 Å². The monoisotopic (exact) mass is 329 g/mol. The van der Waals surface area contributed by atoms with E-state index in [0.717, 1.165) is 0 Å². The van der Waals surface area contributed by atoms with Crippen LogP contribution in [0.15, 0.2) is 16.7 Å². The van der Waals surface area contributed by atoms with Gasteiger partial charge in [0.2, 0.25) is 5.91 Å². The van der Waals surface area contributed by atoms with Gasteiger partial charge in [-0.25, -0.2) is 10.8 Å². The fourth-order valence-electron chi connectivity index (χ4n) is 1.40. The van der Waals surface area contributed by atoms with Crippen molar-refractivity contribution in [3.8, 4) is 0 Å². The second-order valence-electron chi connectivity index (χ2n) is 3.65. The van der Waals surface area contributed by atoms with E-state index >= 15 is 0 Å². The molecule has 0 atom stereocenters. The summed E-state index contributed by atoms with van der Waals surface area (Å²) >= 11 is 3.23. The molecule has 104 valence electrons. The predicted molar refractivity (Wildman–Crippen MR) is 75.4 cm³/mol. The molecule has 1 heterocycles. The number of nitrogens with two attached hydrogens (primary N) is 1. The summed E-state index contributed by atoms with van der Waals surface area (Å²) in [5.74, 6) is 5.11. The smallest absolute Gasteiger partial charge is 0.255 e. The van der Waals surface area contributed by atoms with E-state index in [1.54, 1.807) is 6.07 Å². The van der Waals surface area contributed by atoms with Gasteiger partial charge in [0.15, 0.2) is 5.82 Å². The quantitative estimate of drug-likeness (QED) is 0.446. The summed E-state index contributed by atoms with van der Waals surface area (Å²) in [5, 5.41) is 5.28. The molecule has 0 aromatic carbocycles. The molecule has 0 unspecified atom stereocenters. The number of amides is 2. The lowest BCUT2D eigenvalue weighted by Crippen LogP contribution is -2.31. The molecule has 0 aliphatic rings. The SMILES string of the molecule is CCNC(=O)CCNC(=O)c1cc(Br)cnc1NN. The van der Waals surface area contributed by atoms with Crippen LogP contribution >= 0.6 is 15.9 Å². The first kappa shape index (κ1) is 15.4. The number of aromatic nitrogens is 1. The average Bonchev–Trinajstić information content (AvgIpc) is 2.38. The minimum atomic E-state index is -0.342. The highest BCUT2D eigenvalue weighted by Crippen LogP contribution is 2.16. The van der Waals surface area contributed by atoms with Crippen molar-refractivity contribution in [3.63, 3.8) is 0 Å². The Hall–Kier alpha value is -1.67. The number of nitrogens with one attached hydrogen (secondary N) is 3. The van der Waals surface area contributed by atoms with Crippen molar-refractivity contribution in [2.24, 2.45) is 5.84 Å². The van der Waals surface area contributed by atoms with Gasteiger partial charge in [-0.1, -0.05) is 0 Å². The number of carbonyl (C=O) groups excluding carboxylic acids is 2. The van der Waals surface area contributed by atoms with E-state index in [-0.39, 0.29) is 30.6 Å². The summed E-state index contributed by atoms with van der Waals surface area (Å²) in [4.78, 5) is 27.1. The molecule has 0 fully saturated rings. The fourth-order valence-corrected chi connectivity index (χ4v) is 1.73. The van der Waals surface area contributed by atoms with Gasteiger partial charge >= 0.3 is 0 Å². The van der Waals surface area contributed by atoms with Crippen molar-refractivity contribution in [2.45, 2.75) is 13.3 Å². The molecule has 0 aliphatic carbocycles. The number of hydrogen-bond acceptors (Lipinski definition) is 5. The Balaban J connectivity index is 2.58. The number of carbonyl (C=O) groups is 2. The Morgan fingerprint density at radius 2 is 2.16 bits per heavy atom. The molecule has 0 aliphatic heterocycles. The van der Waals surface area contributed by atoms with Crippen LogP contribution in [0.1, 0.15) is 23.7 Å². The van der Waals surface area contributed by atoms with Gasteiger partial charge < -0.3 is 16.1 Å². The van der Waals surface area contributed by atoms with Crippen molar-refractivity contribution >= 4 is 33.6 Å². The third-order valence-corrected chi connectivity index (χ3v) is 2.68. The van der Waals surface area contributed by atoms with Crippen LogP contribution in [-0.4, -0.2) is 29.9 Å². The maximum Gasteiger partial charge on any atom is 0.255 e. The zero-order chi connectivity index (χ0) is 14.3. The summed E-state index contributed by atoms with van der Waals surface area (Å²) < 4.78 is 0.667. The Morgan fingerprint density at radius 1 is 1.42 bits per heavy atom. The van der Waals surface area contributed by atoms with Gasteiger partial charge in [-0.15, -0.1) is 0 Å². The molecule has 0 spiro atoms.